The number of ether oxygens (including phenoxy) is 1. The van der Waals surface area contributed by atoms with Crippen LogP contribution in [-0.2, 0) is 4.74 Å². The first-order valence-corrected chi connectivity index (χ1v) is 3.25. The lowest BCUT2D eigenvalue weighted by molar-refractivity contribution is 0.119. The third-order valence-electron chi connectivity index (χ3n) is 1.77. The van der Waals surface area contributed by atoms with Crippen LogP contribution in [-0.4, -0.2) is 12.7 Å². The van der Waals surface area contributed by atoms with Crippen LogP contribution in [0.15, 0.2) is 0 Å². The van der Waals surface area contributed by atoms with E-state index in [-0.39, 0.29) is 0 Å². The minimum Gasteiger partial charge on any atom is -0.378 e. The minimum absolute atomic E-state index is 0.440. The lowest BCUT2D eigenvalue weighted by Gasteiger charge is -2.09. The normalized spacial score (nSPS) is 38.2. The molecule has 1 heterocycles. The van der Waals surface area contributed by atoms with Crippen LogP contribution in [0.2, 0.25) is 0 Å². The van der Waals surface area contributed by atoms with Crippen LogP contribution in [0.25, 0.3) is 0 Å². The quantitative estimate of drug-likeness (QED) is 0.502. The van der Waals surface area contributed by atoms with Crippen molar-refractivity contribution in [2.75, 3.05) is 6.61 Å². The van der Waals surface area contributed by atoms with E-state index in [1.807, 2.05) is 0 Å². The number of rotatable bonds is 1. The number of hydrogen-bond acceptors (Lipinski definition) is 1. The fourth-order valence-corrected chi connectivity index (χ4v) is 1.14. The molecule has 1 rings (SSSR count). The number of hydrogen-bond donors (Lipinski definition) is 0. The van der Waals surface area contributed by atoms with Crippen LogP contribution in [0.3, 0.4) is 0 Å². The molecular weight excluding hydrogens is 100 g/mol. The van der Waals surface area contributed by atoms with E-state index in [1.54, 1.807) is 0 Å². The summed E-state index contributed by atoms with van der Waals surface area (Å²) in [6, 6.07) is 0. The highest BCUT2D eigenvalue weighted by atomic mass is 16.5. The predicted octanol–water partition coefficient (Wildman–Crippen LogP) is 1.64. The van der Waals surface area contributed by atoms with E-state index in [9.17, 15) is 0 Å². The molecule has 47 valence electrons. The molecule has 8 heavy (non-hydrogen) atoms. The molecule has 0 aliphatic carbocycles. The van der Waals surface area contributed by atoms with Gasteiger partial charge in [-0.3, -0.25) is 0 Å². The van der Waals surface area contributed by atoms with E-state index in [0.717, 1.165) is 12.5 Å². The van der Waals surface area contributed by atoms with Gasteiger partial charge in [-0.05, 0) is 18.8 Å². The SMILES string of the molecule is C[CH]C1OCCC1C. The average Bonchev–Trinajstić information content (AvgIpc) is 2.14. The van der Waals surface area contributed by atoms with Crippen molar-refractivity contribution in [3.63, 3.8) is 0 Å². The lowest BCUT2D eigenvalue weighted by atomic mass is 10.0. The van der Waals surface area contributed by atoms with Crippen LogP contribution in [0.4, 0.5) is 0 Å². The Labute approximate surface area is 51.0 Å². The third kappa shape index (κ3) is 1.03. The Hall–Kier alpha value is -0.0400. The fraction of sp³-hybridized carbons (Fsp3) is 0.857. The van der Waals surface area contributed by atoms with E-state index in [4.69, 9.17) is 4.74 Å². The van der Waals surface area contributed by atoms with Crippen molar-refractivity contribution in [3.8, 4) is 0 Å². The van der Waals surface area contributed by atoms with Crippen molar-refractivity contribution < 1.29 is 4.74 Å². The Morgan fingerprint density at radius 1 is 1.62 bits per heavy atom. The molecule has 0 N–H and O–H groups in total. The van der Waals surface area contributed by atoms with Crippen molar-refractivity contribution >= 4 is 0 Å². The standard InChI is InChI=1S/C7H13O/c1-3-7-6(2)4-5-8-7/h3,6-7H,4-5H2,1-2H3. The van der Waals surface area contributed by atoms with Crippen molar-refractivity contribution in [2.45, 2.75) is 26.4 Å². The Bertz CT molecular complexity index is 70.8. The summed E-state index contributed by atoms with van der Waals surface area (Å²) in [5, 5.41) is 0. The summed E-state index contributed by atoms with van der Waals surface area (Å²) in [4.78, 5) is 0. The maximum absolute atomic E-state index is 5.36. The van der Waals surface area contributed by atoms with Gasteiger partial charge in [-0.15, -0.1) is 0 Å². The van der Waals surface area contributed by atoms with Gasteiger partial charge in [0.05, 0.1) is 6.10 Å². The summed E-state index contributed by atoms with van der Waals surface area (Å²) >= 11 is 0. The first-order valence-electron chi connectivity index (χ1n) is 3.25. The van der Waals surface area contributed by atoms with Crippen LogP contribution in [0, 0.1) is 12.3 Å². The van der Waals surface area contributed by atoms with Crippen molar-refractivity contribution in [1.29, 1.82) is 0 Å². The second-order valence-corrected chi connectivity index (χ2v) is 2.43. The van der Waals surface area contributed by atoms with Crippen LogP contribution < -0.4 is 0 Å². The average molecular weight is 113 g/mol. The smallest absolute Gasteiger partial charge is 0.0630 e. The van der Waals surface area contributed by atoms with Gasteiger partial charge < -0.3 is 4.74 Å². The van der Waals surface area contributed by atoms with Crippen molar-refractivity contribution in [2.24, 2.45) is 5.92 Å². The largest absolute Gasteiger partial charge is 0.378 e. The summed E-state index contributed by atoms with van der Waals surface area (Å²) < 4.78 is 5.36. The van der Waals surface area contributed by atoms with Crippen LogP contribution in [0.5, 0.6) is 0 Å². The molecule has 1 fully saturated rings. The molecule has 0 amide bonds. The van der Waals surface area contributed by atoms with Gasteiger partial charge in [0.15, 0.2) is 0 Å². The monoisotopic (exact) mass is 113 g/mol. The summed E-state index contributed by atoms with van der Waals surface area (Å²) in [5.74, 6) is 0.750. The Balaban J connectivity index is 2.30. The van der Waals surface area contributed by atoms with Gasteiger partial charge >= 0.3 is 0 Å². The first kappa shape index (κ1) is 6.09. The van der Waals surface area contributed by atoms with Crippen LogP contribution in [0.1, 0.15) is 20.3 Å². The lowest BCUT2D eigenvalue weighted by Crippen LogP contribution is -2.11. The highest BCUT2D eigenvalue weighted by Crippen LogP contribution is 2.21. The molecular formula is C7H13O. The molecule has 0 aromatic rings. The summed E-state index contributed by atoms with van der Waals surface area (Å²) in [6.45, 7) is 5.25. The fourth-order valence-electron chi connectivity index (χ4n) is 1.14. The molecule has 1 nitrogen and oxygen atoms in total. The van der Waals surface area contributed by atoms with Crippen LogP contribution >= 0.6 is 0 Å². The molecule has 1 aliphatic heterocycles. The first-order chi connectivity index (χ1) is 3.84. The summed E-state index contributed by atoms with van der Waals surface area (Å²) in [7, 11) is 0. The van der Waals surface area contributed by atoms with Gasteiger partial charge in [0.2, 0.25) is 0 Å². The molecule has 1 saturated heterocycles. The van der Waals surface area contributed by atoms with Gasteiger partial charge in [-0.2, -0.15) is 0 Å². The summed E-state index contributed by atoms with van der Waals surface area (Å²) in [5.41, 5.74) is 0. The highest BCUT2D eigenvalue weighted by molar-refractivity contribution is 4.81. The maximum Gasteiger partial charge on any atom is 0.0630 e. The Kier molecular flexibility index (Phi) is 1.90. The molecule has 0 aromatic carbocycles. The van der Waals surface area contributed by atoms with Gasteiger partial charge in [0, 0.05) is 6.61 Å². The molecule has 1 aliphatic rings. The highest BCUT2D eigenvalue weighted by Gasteiger charge is 2.21. The summed E-state index contributed by atoms with van der Waals surface area (Å²) in [6.07, 6.45) is 3.81. The predicted molar refractivity (Wildman–Crippen MR) is 33.5 cm³/mol. The molecule has 2 atom stereocenters. The second kappa shape index (κ2) is 2.49. The molecule has 0 aromatic heterocycles. The Morgan fingerprint density at radius 3 is 2.62 bits per heavy atom. The Morgan fingerprint density at radius 2 is 2.38 bits per heavy atom. The van der Waals surface area contributed by atoms with E-state index in [2.05, 4.69) is 20.3 Å². The van der Waals surface area contributed by atoms with Gasteiger partial charge in [0.1, 0.15) is 0 Å². The zero-order chi connectivity index (χ0) is 5.98. The topological polar surface area (TPSA) is 9.23 Å². The van der Waals surface area contributed by atoms with E-state index < -0.39 is 0 Å². The van der Waals surface area contributed by atoms with E-state index in [0.29, 0.717) is 6.10 Å². The molecule has 1 heteroatoms. The molecule has 0 saturated carbocycles. The van der Waals surface area contributed by atoms with Gasteiger partial charge in [-0.1, -0.05) is 13.8 Å². The second-order valence-electron chi connectivity index (χ2n) is 2.43. The van der Waals surface area contributed by atoms with Crippen molar-refractivity contribution in [3.05, 3.63) is 6.42 Å². The maximum atomic E-state index is 5.36. The molecule has 0 bridgehead atoms. The molecule has 0 spiro atoms. The van der Waals surface area contributed by atoms with Gasteiger partial charge in [0.25, 0.3) is 0 Å². The third-order valence-corrected chi connectivity index (χ3v) is 1.77. The molecule has 1 radical (unpaired) electrons. The van der Waals surface area contributed by atoms with Crippen molar-refractivity contribution in [1.82, 2.24) is 0 Å². The zero-order valence-corrected chi connectivity index (χ0v) is 5.55. The minimum atomic E-state index is 0.440. The zero-order valence-electron chi connectivity index (χ0n) is 5.55. The molecule has 2 unspecified atom stereocenters. The van der Waals surface area contributed by atoms with E-state index >= 15 is 0 Å². The van der Waals surface area contributed by atoms with E-state index in [1.165, 1.54) is 6.42 Å². The van der Waals surface area contributed by atoms with Gasteiger partial charge in [-0.25, -0.2) is 0 Å².